The van der Waals surface area contributed by atoms with E-state index in [1.807, 2.05) is 6.92 Å². The first-order valence-corrected chi connectivity index (χ1v) is 6.83. The molecule has 1 saturated heterocycles. The van der Waals surface area contributed by atoms with Crippen LogP contribution in [0.1, 0.15) is 25.3 Å². The Balaban J connectivity index is 1.95. The molecule has 0 unspecified atom stereocenters. The predicted molar refractivity (Wildman–Crippen MR) is 70.7 cm³/mol. The van der Waals surface area contributed by atoms with E-state index in [-0.39, 0.29) is 11.9 Å². The number of hydrogen-bond donors (Lipinski definition) is 0. The van der Waals surface area contributed by atoms with Crippen LogP contribution in [0.2, 0.25) is 0 Å². The van der Waals surface area contributed by atoms with Gasteiger partial charge in [-0.05, 0) is 6.42 Å². The van der Waals surface area contributed by atoms with Gasteiger partial charge in [-0.2, -0.15) is 13.2 Å². The second-order valence-electron chi connectivity index (χ2n) is 4.89. The second kappa shape index (κ2) is 6.28. The number of hydrogen-bond acceptors (Lipinski definition) is 4. The highest BCUT2D eigenvalue weighted by Crippen LogP contribution is 2.28. The zero-order chi connectivity index (χ0) is 15.5. The Hall–Kier alpha value is -1.86. The van der Waals surface area contributed by atoms with Gasteiger partial charge in [-0.25, -0.2) is 9.97 Å². The summed E-state index contributed by atoms with van der Waals surface area (Å²) in [5.74, 6) is 0.385. The average Bonchev–Trinajstić information content (AvgIpc) is 2.47. The molecule has 0 aromatic carbocycles. The van der Waals surface area contributed by atoms with E-state index in [4.69, 9.17) is 0 Å². The van der Waals surface area contributed by atoms with Crippen LogP contribution in [0.4, 0.5) is 19.1 Å². The lowest BCUT2D eigenvalue weighted by Crippen LogP contribution is -2.49. The van der Waals surface area contributed by atoms with Crippen molar-refractivity contribution in [3.8, 4) is 0 Å². The molecule has 5 nitrogen and oxygen atoms in total. The summed E-state index contributed by atoms with van der Waals surface area (Å²) in [5, 5.41) is 0. The van der Waals surface area contributed by atoms with Gasteiger partial charge in [-0.3, -0.25) is 4.79 Å². The number of carbonyl (C=O) groups is 1. The topological polar surface area (TPSA) is 49.3 Å². The molecule has 8 heteroatoms. The Morgan fingerprint density at radius 2 is 1.76 bits per heavy atom. The van der Waals surface area contributed by atoms with Gasteiger partial charge >= 0.3 is 6.18 Å². The zero-order valence-electron chi connectivity index (χ0n) is 11.7. The van der Waals surface area contributed by atoms with E-state index in [1.54, 1.807) is 9.80 Å². The fraction of sp³-hybridized carbons (Fsp3) is 0.615. The summed E-state index contributed by atoms with van der Waals surface area (Å²) in [6.07, 6.45) is -1.52. The van der Waals surface area contributed by atoms with Crippen molar-refractivity contribution < 1.29 is 18.0 Å². The van der Waals surface area contributed by atoms with E-state index in [9.17, 15) is 18.0 Å². The lowest BCUT2D eigenvalue weighted by atomic mass is 10.2. The normalized spacial score (nSPS) is 16.2. The smallest absolute Gasteiger partial charge is 0.339 e. The molecule has 1 aliphatic heterocycles. The summed E-state index contributed by atoms with van der Waals surface area (Å²) in [5.41, 5.74) is -0.858. The van der Waals surface area contributed by atoms with Crippen molar-refractivity contribution in [3.05, 3.63) is 18.0 Å². The lowest BCUT2D eigenvalue weighted by molar-refractivity contribution is -0.138. The van der Waals surface area contributed by atoms with Crippen LogP contribution in [0.5, 0.6) is 0 Å². The van der Waals surface area contributed by atoms with Crippen LogP contribution in [0.15, 0.2) is 12.4 Å². The molecule has 1 aromatic rings. The van der Waals surface area contributed by atoms with Crippen LogP contribution in [-0.2, 0) is 11.0 Å². The first-order valence-electron chi connectivity index (χ1n) is 6.83. The van der Waals surface area contributed by atoms with Crippen LogP contribution < -0.4 is 4.90 Å². The van der Waals surface area contributed by atoms with Crippen LogP contribution >= 0.6 is 0 Å². The minimum Gasteiger partial charge on any atom is -0.339 e. The van der Waals surface area contributed by atoms with Crippen LogP contribution in [0.3, 0.4) is 0 Å². The van der Waals surface area contributed by atoms with Gasteiger partial charge in [0.25, 0.3) is 0 Å². The zero-order valence-corrected chi connectivity index (χ0v) is 11.7. The minimum atomic E-state index is -4.43. The summed E-state index contributed by atoms with van der Waals surface area (Å²) in [4.78, 5) is 22.8. The van der Waals surface area contributed by atoms with E-state index in [0.717, 1.165) is 18.8 Å². The monoisotopic (exact) mass is 302 g/mol. The van der Waals surface area contributed by atoms with E-state index in [0.29, 0.717) is 32.6 Å². The Morgan fingerprint density at radius 3 is 2.24 bits per heavy atom. The summed E-state index contributed by atoms with van der Waals surface area (Å²) in [6, 6.07) is 0. The lowest BCUT2D eigenvalue weighted by Gasteiger charge is -2.34. The third-order valence-electron chi connectivity index (χ3n) is 3.34. The first kappa shape index (κ1) is 15.5. The molecule has 0 aliphatic carbocycles. The molecule has 116 valence electrons. The van der Waals surface area contributed by atoms with Crippen molar-refractivity contribution in [3.63, 3.8) is 0 Å². The highest BCUT2D eigenvalue weighted by Gasteiger charge is 2.31. The van der Waals surface area contributed by atoms with E-state index in [1.165, 1.54) is 0 Å². The van der Waals surface area contributed by atoms with E-state index >= 15 is 0 Å². The molecular weight excluding hydrogens is 285 g/mol. The SMILES string of the molecule is CCCC(=O)N1CCN(c2ncc(C(F)(F)F)cn2)CC1. The average molecular weight is 302 g/mol. The molecule has 21 heavy (non-hydrogen) atoms. The fourth-order valence-electron chi connectivity index (χ4n) is 2.16. The maximum atomic E-state index is 12.4. The number of alkyl halides is 3. The molecule has 0 atom stereocenters. The minimum absolute atomic E-state index is 0.116. The molecule has 0 N–H and O–H groups in total. The molecule has 0 saturated carbocycles. The van der Waals surface area contributed by atoms with Crippen molar-refractivity contribution in [2.24, 2.45) is 0 Å². The van der Waals surface area contributed by atoms with Crippen LogP contribution in [0.25, 0.3) is 0 Å². The molecule has 2 heterocycles. The van der Waals surface area contributed by atoms with Crippen molar-refractivity contribution in [1.29, 1.82) is 0 Å². The van der Waals surface area contributed by atoms with Crippen LogP contribution in [0, 0.1) is 0 Å². The molecule has 0 spiro atoms. The quantitative estimate of drug-likeness (QED) is 0.856. The number of rotatable bonds is 3. The Labute approximate surface area is 120 Å². The molecule has 1 amide bonds. The Kier molecular flexibility index (Phi) is 4.64. The van der Waals surface area contributed by atoms with Gasteiger partial charge < -0.3 is 9.80 Å². The van der Waals surface area contributed by atoms with Gasteiger partial charge in [-0.15, -0.1) is 0 Å². The third kappa shape index (κ3) is 3.83. The molecule has 2 rings (SSSR count). The molecular formula is C13H17F3N4O. The maximum Gasteiger partial charge on any atom is 0.419 e. The predicted octanol–water partition coefficient (Wildman–Crippen LogP) is 1.94. The molecule has 0 bridgehead atoms. The van der Waals surface area contributed by atoms with Gasteiger partial charge in [0.2, 0.25) is 11.9 Å². The summed E-state index contributed by atoms with van der Waals surface area (Å²) in [6.45, 7) is 4.10. The molecule has 1 fully saturated rings. The van der Waals surface area contributed by atoms with Gasteiger partial charge in [0.15, 0.2) is 0 Å². The van der Waals surface area contributed by atoms with Gasteiger partial charge in [-0.1, -0.05) is 6.92 Å². The van der Waals surface area contributed by atoms with Crippen molar-refractivity contribution in [1.82, 2.24) is 14.9 Å². The summed E-state index contributed by atoms with van der Waals surface area (Å²) in [7, 11) is 0. The standard InChI is InChI=1S/C13H17F3N4O/c1-2-3-11(21)19-4-6-20(7-5-19)12-17-8-10(9-18-12)13(14,15)16/h8-9H,2-7H2,1H3. The fourth-order valence-corrected chi connectivity index (χ4v) is 2.16. The largest absolute Gasteiger partial charge is 0.419 e. The number of amides is 1. The van der Waals surface area contributed by atoms with Gasteiger partial charge in [0.05, 0.1) is 5.56 Å². The van der Waals surface area contributed by atoms with E-state index < -0.39 is 11.7 Å². The van der Waals surface area contributed by atoms with Crippen molar-refractivity contribution in [2.45, 2.75) is 25.9 Å². The number of carbonyl (C=O) groups excluding carboxylic acids is 1. The number of aromatic nitrogens is 2. The molecule has 1 aliphatic rings. The Bertz CT molecular complexity index is 481. The molecule has 0 radical (unpaired) electrons. The van der Waals surface area contributed by atoms with Crippen molar-refractivity contribution >= 4 is 11.9 Å². The first-order chi connectivity index (χ1) is 9.91. The summed E-state index contributed by atoms with van der Waals surface area (Å²) < 4.78 is 37.3. The highest BCUT2D eigenvalue weighted by molar-refractivity contribution is 5.76. The highest BCUT2D eigenvalue weighted by atomic mass is 19.4. The number of anilines is 1. The summed E-state index contributed by atoms with van der Waals surface area (Å²) >= 11 is 0. The van der Waals surface area contributed by atoms with E-state index in [2.05, 4.69) is 9.97 Å². The van der Waals surface area contributed by atoms with Gasteiger partial charge in [0.1, 0.15) is 0 Å². The van der Waals surface area contributed by atoms with Crippen LogP contribution in [-0.4, -0.2) is 47.0 Å². The maximum absolute atomic E-state index is 12.4. The number of halogens is 3. The number of nitrogens with zero attached hydrogens (tertiary/aromatic N) is 4. The second-order valence-corrected chi connectivity index (χ2v) is 4.89. The number of piperazine rings is 1. The Morgan fingerprint density at radius 1 is 1.19 bits per heavy atom. The third-order valence-corrected chi connectivity index (χ3v) is 3.34. The van der Waals surface area contributed by atoms with Gasteiger partial charge in [0, 0.05) is 45.0 Å². The molecule has 1 aromatic heterocycles. The van der Waals surface area contributed by atoms with Crippen molar-refractivity contribution in [2.75, 3.05) is 31.1 Å².